The summed E-state index contributed by atoms with van der Waals surface area (Å²) in [6, 6.07) is 4.51. The molecule has 0 atom stereocenters. The second kappa shape index (κ2) is 5.97. The Kier molecular flexibility index (Phi) is 4.55. The van der Waals surface area contributed by atoms with E-state index in [9.17, 15) is 0 Å². The van der Waals surface area contributed by atoms with Crippen molar-refractivity contribution in [1.82, 2.24) is 0 Å². The predicted molar refractivity (Wildman–Crippen MR) is 83.4 cm³/mol. The molecule has 1 saturated carbocycles. The maximum absolute atomic E-state index is 4.79. The molecule has 0 aliphatic heterocycles. The van der Waals surface area contributed by atoms with E-state index in [1.54, 1.807) is 0 Å². The summed E-state index contributed by atoms with van der Waals surface area (Å²) in [7, 11) is 0. The highest BCUT2D eigenvalue weighted by molar-refractivity contribution is 7.80. The van der Waals surface area contributed by atoms with Gasteiger partial charge in [-0.15, -0.1) is 12.6 Å². The molecule has 0 bridgehead atoms. The Labute approximate surface area is 117 Å². The lowest BCUT2D eigenvalue weighted by Gasteiger charge is -2.17. The molecule has 0 spiro atoms. The van der Waals surface area contributed by atoms with E-state index in [0.717, 1.165) is 17.9 Å². The minimum Gasteiger partial charge on any atom is -0.143 e. The molecule has 0 saturated heterocycles. The van der Waals surface area contributed by atoms with Gasteiger partial charge >= 0.3 is 0 Å². The van der Waals surface area contributed by atoms with Crippen molar-refractivity contribution in [3.8, 4) is 0 Å². The first-order valence-electron chi connectivity index (χ1n) is 7.13. The average molecular weight is 260 g/mol. The van der Waals surface area contributed by atoms with Crippen molar-refractivity contribution in [3.05, 3.63) is 35.4 Å². The van der Waals surface area contributed by atoms with Crippen molar-refractivity contribution in [2.75, 3.05) is 0 Å². The zero-order chi connectivity index (χ0) is 13.1. The first-order valence-corrected chi connectivity index (χ1v) is 7.57. The second-order valence-electron chi connectivity index (χ2n) is 5.59. The zero-order valence-electron chi connectivity index (χ0n) is 11.6. The number of hydrogen-bond donors (Lipinski definition) is 1. The van der Waals surface area contributed by atoms with E-state index in [-0.39, 0.29) is 0 Å². The van der Waals surface area contributed by atoms with Crippen LogP contribution in [0.4, 0.5) is 0 Å². The van der Waals surface area contributed by atoms with Crippen LogP contribution in [0.2, 0.25) is 0 Å². The highest BCUT2D eigenvalue weighted by Crippen LogP contribution is 2.33. The molecule has 0 N–H and O–H groups in total. The maximum Gasteiger partial charge on any atom is 0.0110 e. The van der Waals surface area contributed by atoms with Crippen LogP contribution in [-0.2, 0) is 12.8 Å². The molecule has 1 aromatic rings. The normalized spacial score (nSPS) is 16.2. The lowest BCUT2D eigenvalue weighted by molar-refractivity contribution is 0.542. The van der Waals surface area contributed by atoms with Gasteiger partial charge in [0.25, 0.3) is 0 Å². The molecule has 0 radical (unpaired) electrons. The van der Waals surface area contributed by atoms with Gasteiger partial charge < -0.3 is 0 Å². The first kappa shape index (κ1) is 13.7. The Bertz CT molecular complexity index is 439. The highest BCUT2D eigenvalue weighted by atomic mass is 32.1. The van der Waals surface area contributed by atoms with Crippen molar-refractivity contribution >= 4 is 18.2 Å². The molecule has 1 aliphatic carbocycles. The lowest BCUT2D eigenvalue weighted by atomic mass is 9.92. The number of hydrogen-bond acceptors (Lipinski definition) is 1. The fourth-order valence-electron chi connectivity index (χ4n) is 3.13. The number of rotatable bonds is 4. The van der Waals surface area contributed by atoms with Gasteiger partial charge in [0.1, 0.15) is 0 Å². The van der Waals surface area contributed by atoms with Crippen LogP contribution in [0, 0.1) is 5.92 Å². The Hall–Kier alpha value is -0.690. The molecule has 1 aliphatic rings. The van der Waals surface area contributed by atoms with E-state index >= 15 is 0 Å². The van der Waals surface area contributed by atoms with Gasteiger partial charge in [-0.05, 0) is 42.4 Å². The van der Waals surface area contributed by atoms with E-state index in [0.29, 0.717) is 0 Å². The summed E-state index contributed by atoms with van der Waals surface area (Å²) in [5.74, 6) is 0.885. The molecule has 18 heavy (non-hydrogen) atoms. The fourth-order valence-corrected chi connectivity index (χ4v) is 3.58. The summed E-state index contributed by atoms with van der Waals surface area (Å²) < 4.78 is 0. The van der Waals surface area contributed by atoms with E-state index in [2.05, 4.69) is 32.6 Å². The van der Waals surface area contributed by atoms with Gasteiger partial charge in [-0.3, -0.25) is 0 Å². The van der Waals surface area contributed by atoms with Crippen molar-refractivity contribution in [2.45, 2.75) is 57.3 Å². The quantitative estimate of drug-likeness (QED) is 0.697. The van der Waals surface area contributed by atoms with Crippen molar-refractivity contribution in [2.24, 2.45) is 5.92 Å². The van der Waals surface area contributed by atoms with Crippen LogP contribution in [0.5, 0.6) is 0 Å². The van der Waals surface area contributed by atoms with E-state index in [1.165, 1.54) is 53.7 Å². The SMILES string of the molecule is C=C(C)c1ccc(CC2CCCC2)c(S)c1CC. The Morgan fingerprint density at radius 2 is 2.00 bits per heavy atom. The molecule has 0 unspecified atom stereocenters. The molecule has 98 valence electrons. The molecule has 2 rings (SSSR count). The Morgan fingerprint density at radius 1 is 1.33 bits per heavy atom. The van der Waals surface area contributed by atoms with Crippen LogP contribution >= 0.6 is 12.6 Å². The van der Waals surface area contributed by atoms with Crippen LogP contribution in [0.25, 0.3) is 5.57 Å². The van der Waals surface area contributed by atoms with Crippen molar-refractivity contribution in [3.63, 3.8) is 0 Å². The van der Waals surface area contributed by atoms with Crippen molar-refractivity contribution in [1.29, 1.82) is 0 Å². The predicted octanol–water partition coefficient (Wildman–Crippen LogP) is 5.30. The molecular weight excluding hydrogens is 236 g/mol. The summed E-state index contributed by atoms with van der Waals surface area (Å²) in [4.78, 5) is 1.21. The summed E-state index contributed by atoms with van der Waals surface area (Å²) in [5, 5.41) is 0. The van der Waals surface area contributed by atoms with Gasteiger partial charge in [0.05, 0.1) is 0 Å². The van der Waals surface area contributed by atoms with Crippen LogP contribution < -0.4 is 0 Å². The third-order valence-corrected chi connectivity index (χ3v) is 4.72. The molecule has 0 amide bonds. The lowest BCUT2D eigenvalue weighted by Crippen LogP contribution is -2.03. The van der Waals surface area contributed by atoms with Gasteiger partial charge in [0, 0.05) is 4.90 Å². The fraction of sp³-hybridized carbons (Fsp3) is 0.529. The topological polar surface area (TPSA) is 0 Å². The van der Waals surface area contributed by atoms with Crippen LogP contribution in [0.3, 0.4) is 0 Å². The van der Waals surface area contributed by atoms with Gasteiger partial charge in [-0.25, -0.2) is 0 Å². The Morgan fingerprint density at radius 3 is 2.56 bits per heavy atom. The van der Waals surface area contributed by atoms with Crippen LogP contribution in [0.1, 0.15) is 56.2 Å². The van der Waals surface area contributed by atoms with Gasteiger partial charge in [0.2, 0.25) is 0 Å². The molecule has 0 heterocycles. The minimum absolute atomic E-state index is 0.885. The third kappa shape index (κ3) is 2.83. The second-order valence-corrected chi connectivity index (χ2v) is 6.04. The van der Waals surface area contributed by atoms with Crippen molar-refractivity contribution < 1.29 is 0 Å². The summed E-state index contributed by atoms with van der Waals surface area (Å²) in [5.41, 5.74) is 5.25. The molecule has 1 heteroatoms. The first-order chi connectivity index (χ1) is 8.63. The summed E-state index contributed by atoms with van der Waals surface area (Å²) in [6.45, 7) is 8.36. The summed E-state index contributed by atoms with van der Waals surface area (Å²) >= 11 is 4.79. The molecule has 1 fully saturated rings. The molecule has 1 aromatic carbocycles. The van der Waals surface area contributed by atoms with E-state index < -0.39 is 0 Å². The zero-order valence-corrected chi connectivity index (χ0v) is 12.5. The standard InChI is InChI=1S/C17H24S/c1-4-15-16(12(2)3)10-9-14(17(15)18)11-13-7-5-6-8-13/h9-10,13,18H,2,4-8,11H2,1,3H3. The molecule has 0 aromatic heterocycles. The number of allylic oxidation sites excluding steroid dienone is 1. The average Bonchev–Trinajstić information content (AvgIpc) is 2.84. The monoisotopic (exact) mass is 260 g/mol. The highest BCUT2D eigenvalue weighted by Gasteiger charge is 2.18. The minimum atomic E-state index is 0.885. The molecule has 0 nitrogen and oxygen atoms in total. The van der Waals surface area contributed by atoms with Gasteiger partial charge in [0.15, 0.2) is 0 Å². The summed E-state index contributed by atoms with van der Waals surface area (Å²) in [6.07, 6.45) is 7.88. The van der Waals surface area contributed by atoms with Gasteiger partial charge in [-0.1, -0.05) is 56.9 Å². The smallest absolute Gasteiger partial charge is 0.0110 e. The third-order valence-electron chi connectivity index (χ3n) is 4.16. The van der Waals surface area contributed by atoms with Gasteiger partial charge in [-0.2, -0.15) is 0 Å². The largest absolute Gasteiger partial charge is 0.143 e. The number of thiol groups is 1. The maximum atomic E-state index is 4.79. The van der Waals surface area contributed by atoms with E-state index in [1.807, 2.05) is 0 Å². The molecular formula is C17H24S. The van der Waals surface area contributed by atoms with E-state index in [4.69, 9.17) is 12.6 Å². The number of benzene rings is 1. The Balaban J connectivity index is 2.28. The van der Waals surface area contributed by atoms with Crippen LogP contribution in [0.15, 0.2) is 23.6 Å². The van der Waals surface area contributed by atoms with Crippen LogP contribution in [-0.4, -0.2) is 0 Å².